The van der Waals surface area contributed by atoms with Crippen LogP contribution in [0.2, 0.25) is 0 Å². The quantitative estimate of drug-likeness (QED) is 0.319. The van der Waals surface area contributed by atoms with Crippen LogP contribution in [0.3, 0.4) is 0 Å². The predicted octanol–water partition coefficient (Wildman–Crippen LogP) is 4.70. The molecule has 1 saturated heterocycles. The lowest BCUT2D eigenvalue weighted by Gasteiger charge is -2.29. The molecule has 34 heavy (non-hydrogen) atoms. The van der Waals surface area contributed by atoms with Crippen molar-refractivity contribution >= 4 is 39.6 Å². The Kier molecular flexibility index (Phi) is 5.79. The average Bonchev–Trinajstić information content (AvgIpc) is 3.70. The smallest absolute Gasteiger partial charge is 0.345 e. The Balaban J connectivity index is 1.70. The molecule has 9 nitrogen and oxygen atoms in total. The number of hydrogen-bond donors (Lipinski definition) is 1. The van der Waals surface area contributed by atoms with Crippen molar-refractivity contribution in [3.05, 3.63) is 63.3 Å². The molecule has 2 aromatic carbocycles. The zero-order valence-electron chi connectivity index (χ0n) is 19.2. The first kappa shape index (κ1) is 22.1. The molecule has 1 aromatic heterocycles. The lowest BCUT2D eigenvalue weighted by Crippen LogP contribution is -2.36. The summed E-state index contributed by atoms with van der Waals surface area (Å²) in [5.74, 6) is -0.342. The number of carbonyl (C=O) groups excluding carboxylic acids is 1. The van der Waals surface area contributed by atoms with E-state index in [2.05, 4.69) is 10.2 Å². The second-order valence-corrected chi connectivity index (χ2v) is 8.65. The van der Waals surface area contributed by atoms with Gasteiger partial charge in [0.1, 0.15) is 11.3 Å². The monoisotopic (exact) mass is 462 g/mol. The van der Waals surface area contributed by atoms with Crippen LogP contribution < -0.4 is 10.2 Å². The van der Waals surface area contributed by atoms with E-state index in [1.165, 1.54) is 13.2 Å². The normalized spacial score (nSPS) is 15.9. The zero-order chi connectivity index (χ0) is 23.8. The van der Waals surface area contributed by atoms with Crippen LogP contribution in [0.1, 0.15) is 40.4 Å². The average molecular weight is 463 g/mol. The topological polar surface area (TPSA) is 107 Å². The third-order valence-corrected chi connectivity index (χ3v) is 6.46. The van der Waals surface area contributed by atoms with E-state index in [4.69, 9.17) is 14.5 Å². The van der Waals surface area contributed by atoms with Gasteiger partial charge in [-0.2, -0.15) is 0 Å². The number of rotatable bonds is 6. The number of esters is 1. The largest absolute Gasteiger partial charge is 0.465 e. The summed E-state index contributed by atoms with van der Waals surface area (Å²) in [4.78, 5) is 31.2. The Labute approximate surface area is 196 Å². The number of hydrogen-bond acceptors (Lipinski definition) is 8. The number of methoxy groups -OCH3 is 1. The lowest BCUT2D eigenvalue weighted by atomic mass is 10.0. The summed E-state index contributed by atoms with van der Waals surface area (Å²) in [6.07, 6.45) is 2.18. The molecule has 2 aliphatic rings. The van der Waals surface area contributed by atoms with Crippen molar-refractivity contribution in [2.24, 2.45) is 0 Å². The number of fused-ring (bicyclic) bond motifs is 1. The van der Waals surface area contributed by atoms with Gasteiger partial charge in [-0.1, -0.05) is 18.2 Å². The molecule has 1 N–H and O–H groups in total. The Bertz CT molecular complexity index is 1280. The third-order valence-electron chi connectivity index (χ3n) is 6.46. The highest BCUT2D eigenvalue weighted by Crippen LogP contribution is 2.45. The summed E-state index contributed by atoms with van der Waals surface area (Å²) in [5, 5.41) is 16.4. The number of morpholine rings is 1. The van der Waals surface area contributed by atoms with Crippen LogP contribution in [0, 0.1) is 17.0 Å². The molecule has 176 valence electrons. The molecule has 5 rings (SSSR count). The van der Waals surface area contributed by atoms with Crippen molar-refractivity contribution in [2.75, 3.05) is 43.6 Å². The molecular weight excluding hydrogens is 436 g/mol. The molecule has 1 aliphatic carbocycles. The van der Waals surface area contributed by atoms with Gasteiger partial charge in [0.25, 0.3) is 0 Å². The van der Waals surface area contributed by atoms with Gasteiger partial charge in [-0.05, 0) is 43.5 Å². The standard InChI is InChI=1S/C25H26N4O5/c1-15-22(16-7-8-16)26-20-6-4-3-5-18(20)23(15)27-21-14-17(28-9-11-34-12-10-28)13-19(25(30)33-2)24(21)29(31)32/h3-6,13-14,16H,7-12H2,1-2H3,(H,26,27). The van der Waals surface area contributed by atoms with E-state index < -0.39 is 10.9 Å². The molecule has 9 heteroatoms. The number of benzene rings is 2. The molecule has 2 fully saturated rings. The van der Waals surface area contributed by atoms with Crippen LogP contribution in [0.25, 0.3) is 10.9 Å². The molecule has 0 amide bonds. The van der Waals surface area contributed by atoms with Crippen molar-refractivity contribution in [3.63, 3.8) is 0 Å². The number of nitrogens with zero attached hydrogens (tertiary/aromatic N) is 3. The van der Waals surface area contributed by atoms with Crippen LogP contribution in [0.15, 0.2) is 36.4 Å². The number of carbonyl (C=O) groups is 1. The zero-order valence-corrected chi connectivity index (χ0v) is 19.2. The van der Waals surface area contributed by atoms with Gasteiger partial charge in [0, 0.05) is 35.8 Å². The van der Waals surface area contributed by atoms with Crippen molar-refractivity contribution in [1.29, 1.82) is 0 Å². The second-order valence-electron chi connectivity index (χ2n) is 8.65. The fourth-order valence-corrected chi connectivity index (χ4v) is 4.56. The molecule has 0 radical (unpaired) electrons. The van der Waals surface area contributed by atoms with E-state index in [0.717, 1.165) is 40.7 Å². The molecule has 0 bridgehead atoms. The van der Waals surface area contributed by atoms with Gasteiger partial charge in [-0.3, -0.25) is 15.1 Å². The highest BCUT2D eigenvalue weighted by molar-refractivity contribution is 6.01. The van der Waals surface area contributed by atoms with Gasteiger partial charge in [0.15, 0.2) is 0 Å². The lowest BCUT2D eigenvalue weighted by molar-refractivity contribution is -0.384. The van der Waals surface area contributed by atoms with Crippen LogP contribution in [-0.4, -0.2) is 49.3 Å². The highest BCUT2D eigenvalue weighted by Gasteiger charge is 2.31. The van der Waals surface area contributed by atoms with E-state index in [1.807, 2.05) is 31.2 Å². The number of para-hydroxylation sites is 1. The van der Waals surface area contributed by atoms with Crippen molar-refractivity contribution in [1.82, 2.24) is 4.98 Å². The molecule has 0 atom stereocenters. The maximum atomic E-state index is 12.6. The number of nitrogens with one attached hydrogen (secondary N) is 1. The Morgan fingerprint density at radius 1 is 1.24 bits per heavy atom. The fraction of sp³-hybridized carbons (Fsp3) is 0.360. The summed E-state index contributed by atoms with van der Waals surface area (Å²) >= 11 is 0. The molecule has 0 spiro atoms. The van der Waals surface area contributed by atoms with Gasteiger partial charge in [-0.15, -0.1) is 0 Å². The van der Waals surface area contributed by atoms with Gasteiger partial charge in [0.05, 0.1) is 36.5 Å². The molecular formula is C25H26N4O5. The summed E-state index contributed by atoms with van der Waals surface area (Å²) in [5.41, 5.74) is 4.14. The SMILES string of the molecule is COC(=O)c1cc(N2CCOCC2)cc(Nc2c(C)c(C3CC3)nc3ccccc23)c1[N+](=O)[O-]. The number of ether oxygens (including phenoxy) is 2. The van der Waals surface area contributed by atoms with Crippen molar-refractivity contribution in [3.8, 4) is 0 Å². The van der Waals surface area contributed by atoms with E-state index in [9.17, 15) is 14.9 Å². The van der Waals surface area contributed by atoms with Crippen LogP contribution in [0.4, 0.5) is 22.7 Å². The second kappa shape index (κ2) is 8.90. The Hall–Kier alpha value is -3.72. The highest BCUT2D eigenvalue weighted by atomic mass is 16.6. The number of nitro benzene ring substituents is 1. The Morgan fingerprint density at radius 2 is 1.97 bits per heavy atom. The summed E-state index contributed by atoms with van der Waals surface area (Å²) in [6.45, 7) is 4.34. The first-order valence-corrected chi connectivity index (χ1v) is 11.4. The summed E-state index contributed by atoms with van der Waals surface area (Å²) in [6, 6.07) is 11.0. The first-order valence-electron chi connectivity index (χ1n) is 11.4. The predicted molar refractivity (Wildman–Crippen MR) is 129 cm³/mol. The van der Waals surface area contributed by atoms with Gasteiger partial charge in [0.2, 0.25) is 0 Å². The minimum Gasteiger partial charge on any atom is -0.465 e. The van der Waals surface area contributed by atoms with Gasteiger partial charge < -0.3 is 19.7 Å². The molecule has 1 aliphatic heterocycles. The van der Waals surface area contributed by atoms with Crippen LogP contribution in [0.5, 0.6) is 0 Å². The van der Waals surface area contributed by atoms with Gasteiger partial charge >= 0.3 is 11.7 Å². The number of aromatic nitrogens is 1. The van der Waals surface area contributed by atoms with E-state index in [1.54, 1.807) is 6.07 Å². The molecule has 2 heterocycles. The van der Waals surface area contributed by atoms with Crippen LogP contribution in [-0.2, 0) is 9.47 Å². The Morgan fingerprint density at radius 3 is 2.65 bits per heavy atom. The van der Waals surface area contributed by atoms with Crippen LogP contribution >= 0.6 is 0 Å². The molecule has 0 unspecified atom stereocenters. The third kappa shape index (κ3) is 4.03. The minimum atomic E-state index is -0.750. The van der Waals surface area contributed by atoms with E-state index in [0.29, 0.717) is 37.9 Å². The maximum absolute atomic E-state index is 12.6. The maximum Gasteiger partial charge on any atom is 0.345 e. The van der Waals surface area contributed by atoms with E-state index >= 15 is 0 Å². The van der Waals surface area contributed by atoms with Crippen molar-refractivity contribution < 1.29 is 19.2 Å². The number of nitro groups is 1. The van der Waals surface area contributed by atoms with Crippen molar-refractivity contribution in [2.45, 2.75) is 25.7 Å². The minimum absolute atomic E-state index is 0.0857. The number of pyridine rings is 1. The fourth-order valence-electron chi connectivity index (χ4n) is 4.56. The first-order chi connectivity index (χ1) is 16.5. The summed E-state index contributed by atoms with van der Waals surface area (Å²) in [7, 11) is 1.23. The summed E-state index contributed by atoms with van der Waals surface area (Å²) < 4.78 is 10.4. The molecule has 3 aromatic rings. The van der Waals surface area contributed by atoms with Gasteiger partial charge in [-0.25, -0.2) is 4.79 Å². The van der Waals surface area contributed by atoms with E-state index in [-0.39, 0.29) is 16.9 Å². The molecule has 1 saturated carbocycles. The number of anilines is 3.